The SMILES string of the molecule is O=C1/C(=C\c2cnc(N3CCCC3)nc2)COc2ccc(Br)cc21. The molecule has 1 fully saturated rings. The molecule has 2 aromatic rings. The summed E-state index contributed by atoms with van der Waals surface area (Å²) in [7, 11) is 0. The number of carbonyl (C=O) groups is 1. The quantitative estimate of drug-likeness (QED) is 0.740. The van der Waals surface area contributed by atoms with Gasteiger partial charge in [0.2, 0.25) is 5.95 Å². The van der Waals surface area contributed by atoms with Crippen LogP contribution in [0.4, 0.5) is 5.95 Å². The monoisotopic (exact) mass is 385 g/mol. The predicted octanol–water partition coefficient (Wildman–Crippen LogP) is 3.50. The number of fused-ring (bicyclic) bond motifs is 1. The highest BCUT2D eigenvalue weighted by Gasteiger charge is 2.23. The van der Waals surface area contributed by atoms with Crippen LogP contribution in [0.3, 0.4) is 0 Å². The van der Waals surface area contributed by atoms with Crippen LogP contribution in [-0.4, -0.2) is 35.4 Å². The van der Waals surface area contributed by atoms with Crippen LogP contribution in [0.1, 0.15) is 28.8 Å². The summed E-state index contributed by atoms with van der Waals surface area (Å²) in [4.78, 5) is 23.7. The van der Waals surface area contributed by atoms with E-state index in [4.69, 9.17) is 4.74 Å². The number of Topliss-reactive ketones (excluding diaryl/α,β-unsaturated/α-hetero) is 1. The van der Waals surface area contributed by atoms with Crippen molar-refractivity contribution in [3.63, 3.8) is 0 Å². The zero-order valence-electron chi connectivity index (χ0n) is 13.0. The normalized spacial score (nSPS) is 18.6. The maximum absolute atomic E-state index is 12.6. The molecule has 24 heavy (non-hydrogen) atoms. The Morgan fingerprint density at radius 3 is 2.67 bits per heavy atom. The molecule has 122 valence electrons. The van der Waals surface area contributed by atoms with E-state index in [-0.39, 0.29) is 12.4 Å². The molecule has 1 saturated heterocycles. The van der Waals surface area contributed by atoms with Crippen molar-refractivity contribution in [2.24, 2.45) is 0 Å². The Bertz CT molecular complexity index is 812. The minimum absolute atomic E-state index is 0.0128. The summed E-state index contributed by atoms with van der Waals surface area (Å²) in [6.45, 7) is 2.29. The van der Waals surface area contributed by atoms with E-state index in [2.05, 4.69) is 30.8 Å². The first-order chi connectivity index (χ1) is 11.7. The van der Waals surface area contributed by atoms with Gasteiger partial charge >= 0.3 is 0 Å². The number of ether oxygens (including phenoxy) is 1. The zero-order chi connectivity index (χ0) is 16.5. The van der Waals surface area contributed by atoms with Crippen LogP contribution in [0.25, 0.3) is 6.08 Å². The largest absolute Gasteiger partial charge is 0.488 e. The Hall–Kier alpha value is -2.21. The van der Waals surface area contributed by atoms with Gasteiger partial charge in [0.1, 0.15) is 12.4 Å². The number of hydrogen-bond donors (Lipinski definition) is 0. The van der Waals surface area contributed by atoms with Gasteiger partial charge in [-0.15, -0.1) is 0 Å². The Morgan fingerprint density at radius 2 is 1.92 bits per heavy atom. The average molecular weight is 386 g/mol. The highest BCUT2D eigenvalue weighted by Crippen LogP contribution is 2.30. The van der Waals surface area contributed by atoms with Crippen LogP contribution in [-0.2, 0) is 0 Å². The summed E-state index contributed by atoms with van der Waals surface area (Å²) < 4.78 is 6.54. The fourth-order valence-electron chi connectivity index (χ4n) is 2.99. The van der Waals surface area contributed by atoms with Crippen LogP contribution >= 0.6 is 15.9 Å². The summed E-state index contributed by atoms with van der Waals surface area (Å²) in [5.41, 5.74) is 2.00. The second kappa shape index (κ2) is 6.36. The standard InChI is InChI=1S/C18H16BrN3O2/c19-14-3-4-16-15(8-14)17(23)13(11-24-16)7-12-9-20-18(21-10-12)22-5-1-2-6-22/h3-4,7-10H,1-2,5-6,11H2/b13-7-. The van der Waals surface area contributed by atoms with Gasteiger partial charge in [-0.25, -0.2) is 9.97 Å². The third kappa shape index (κ3) is 2.94. The molecule has 0 spiro atoms. The Labute approximate surface area is 148 Å². The van der Waals surface area contributed by atoms with Gasteiger partial charge in [-0.2, -0.15) is 0 Å². The minimum atomic E-state index is -0.0128. The fraction of sp³-hybridized carbons (Fsp3) is 0.278. The van der Waals surface area contributed by atoms with Crippen LogP contribution in [0.2, 0.25) is 0 Å². The zero-order valence-corrected chi connectivity index (χ0v) is 14.6. The minimum Gasteiger partial charge on any atom is -0.488 e. The van der Waals surface area contributed by atoms with Gasteiger partial charge in [0, 0.05) is 41.1 Å². The van der Waals surface area contributed by atoms with Crippen LogP contribution < -0.4 is 9.64 Å². The predicted molar refractivity (Wildman–Crippen MR) is 95.4 cm³/mol. The lowest BCUT2D eigenvalue weighted by Gasteiger charge is -2.19. The molecule has 0 N–H and O–H groups in total. The summed E-state index contributed by atoms with van der Waals surface area (Å²) >= 11 is 3.39. The Kier molecular flexibility index (Phi) is 4.06. The third-order valence-corrected chi connectivity index (χ3v) is 4.74. The van der Waals surface area contributed by atoms with E-state index in [1.54, 1.807) is 24.5 Å². The Morgan fingerprint density at radius 1 is 1.17 bits per heavy atom. The first-order valence-corrected chi connectivity index (χ1v) is 8.74. The van der Waals surface area contributed by atoms with E-state index in [0.29, 0.717) is 16.9 Å². The molecular formula is C18H16BrN3O2. The molecule has 1 aromatic heterocycles. The van der Waals surface area contributed by atoms with E-state index in [0.717, 1.165) is 29.1 Å². The number of benzene rings is 1. The van der Waals surface area contributed by atoms with Crippen molar-refractivity contribution in [3.8, 4) is 5.75 Å². The van der Waals surface area contributed by atoms with Gasteiger partial charge in [-0.3, -0.25) is 4.79 Å². The molecule has 4 rings (SSSR count). The van der Waals surface area contributed by atoms with Crippen molar-refractivity contribution >= 4 is 33.7 Å². The van der Waals surface area contributed by atoms with Crippen LogP contribution in [0, 0.1) is 0 Å². The van der Waals surface area contributed by atoms with Gasteiger partial charge in [0.15, 0.2) is 5.78 Å². The Balaban J connectivity index is 1.58. The molecule has 5 nitrogen and oxygen atoms in total. The number of carbonyl (C=O) groups excluding carboxylic acids is 1. The molecule has 1 aromatic carbocycles. The van der Waals surface area contributed by atoms with Crippen molar-refractivity contribution in [2.45, 2.75) is 12.8 Å². The third-order valence-electron chi connectivity index (χ3n) is 4.25. The number of nitrogens with zero attached hydrogens (tertiary/aromatic N) is 3. The van der Waals surface area contributed by atoms with E-state index in [1.165, 1.54) is 12.8 Å². The van der Waals surface area contributed by atoms with Crippen LogP contribution in [0.15, 0.2) is 40.6 Å². The molecule has 0 radical (unpaired) electrons. The fourth-order valence-corrected chi connectivity index (χ4v) is 3.36. The average Bonchev–Trinajstić information content (AvgIpc) is 3.13. The topological polar surface area (TPSA) is 55.3 Å². The molecule has 0 unspecified atom stereocenters. The van der Waals surface area contributed by atoms with Crippen molar-refractivity contribution in [3.05, 3.63) is 51.8 Å². The molecular weight excluding hydrogens is 370 g/mol. The number of halogens is 1. The highest BCUT2D eigenvalue weighted by molar-refractivity contribution is 9.10. The first kappa shape index (κ1) is 15.3. The van der Waals surface area contributed by atoms with Crippen molar-refractivity contribution in [2.75, 3.05) is 24.6 Å². The number of aromatic nitrogens is 2. The molecule has 0 amide bonds. The highest BCUT2D eigenvalue weighted by atomic mass is 79.9. The molecule has 0 atom stereocenters. The molecule has 2 aliphatic heterocycles. The summed E-state index contributed by atoms with van der Waals surface area (Å²) in [5, 5.41) is 0. The van der Waals surface area contributed by atoms with Crippen molar-refractivity contribution in [1.82, 2.24) is 9.97 Å². The molecule has 6 heteroatoms. The number of rotatable bonds is 2. The second-order valence-electron chi connectivity index (χ2n) is 5.94. The van der Waals surface area contributed by atoms with Gasteiger partial charge in [0.05, 0.1) is 5.56 Å². The van der Waals surface area contributed by atoms with Gasteiger partial charge in [-0.1, -0.05) is 15.9 Å². The van der Waals surface area contributed by atoms with E-state index in [1.807, 2.05) is 12.1 Å². The molecule has 3 heterocycles. The summed E-state index contributed by atoms with van der Waals surface area (Å²) in [6, 6.07) is 5.46. The maximum Gasteiger partial charge on any atom is 0.225 e. The molecule has 0 bridgehead atoms. The van der Waals surface area contributed by atoms with Gasteiger partial charge in [-0.05, 0) is 37.1 Å². The summed E-state index contributed by atoms with van der Waals surface area (Å²) in [6.07, 6.45) is 7.71. The lowest BCUT2D eigenvalue weighted by molar-refractivity contribution is 0.100. The van der Waals surface area contributed by atoms with Crippen molar-refractivity contribution in [1.29, 1.82) is 0 Å². The van der Waals surface area contributed by atoms with Crippen molar-refractivity contribution < 1.29 is 9.53 Å². The van der Waals surface area contributed by atoms with E-state index >= 15 is 0 Å². The van der Waals surface area contributed by atoms with Gasteiger partial charge < -0.3 is 9.64 Å². The smallest absolute Gasteiger partial charge is 0.225 e. The molecule has 0 aliphatic carbocycles. The van der Waals surface area contributed by atoms with E-state index in [9.17, 15) is 4.79 Å². The molecule has 2 aliphatic rings. The first-order valence-electron chi connectivity index (χ1n) is 7.95. The number of ketones is 1. The summed E-state index contributed by atoms with van der Waals surface area (Å²) in [5.74, 6) is 1.37. The lowest BCUT2D eigenvalue weighted by atomic mass is 9.99. The maximum atomic E-state index is 12.6. The van der Waals surface area contributed by atoms with E-state index < -0.39 is 0 Å². The van der Waals surface area contributed by atoms with Gasteiger partial charge in [0.25, 0.3) is 0 Å². The number of anilines is 1. The van der Waals surface area contributed by atoms with Crippen LogP contribution in [0.5, 0.6) is 5.75 Å². The second-order valence-corrected chi connectivity index (χ2v) is 6.85. The number of hydrogen-bond acceptors (Lipinski definition) is 5. The molecule has 0 saturated carbocycles. The lowest BCUT2D eigenvalue weighted by Crippen LogP contribution is -2.20.